The summed E-state index contributed by atoms with van der Waals surface area (Å²) in [7, 11) is 0. The number of fused-ring (bicyclic) bond motifs is 1. The van der Waals surface area contributed by atoms with Crippen LogP contribution in [0.4, 0.5) is 0 Å². The van der Waals surface area contributed by atoms with Crippen molar-refractivity contribution in [3.8, 4) is 0 Å². The molecule has 0 spiro atoms. The van der Waals surface area contributed by atoms with E-state index in [1.807, 2.05) is 0 Å². The van der Waals surface area contributed by atoms with E-state index in [-0.39, 0.29) is 42.4 Å². The summed E-state index contributed by atoms with van der Waals surface area (Å²) in [5.41, 5.74) is 5.29. The molecule has 5 heteroatoms. The first-order valence-corrected chi connectivity index (χ1v) is 5.80. The largest absolute Gasteiger partial charge is 0.458 e. The summed E-state index contributed by atoms with van der Waals surface area (Å²) in [5, 5.41) is 0. The van der Waals surface area contributed by atoms with Crippen molar-refractivity contribution in [1.82, 2.24) is 0 Å². The molecule has 0 aromatic rings. The first kappa shape index (κ1) is 10.1. The van der Waals surface area contributed by atoms with Crippen LogP contribution in [-0.2, 0) is 19.1 Å². The van der Waals surface area contributed by atoms with Crippen LogP contribution in [0.1, 0.15) is 19.3 Å². The molecule has 3 fully saturated rings. The van der Waals surface area contributed by atoms with E-state index in [0.717, 1.165) is 12.8 Å². The van der Waals surface area contributed by atoms with Crippen LogP contribution in [0, 0.1) is 17.8 Å². The Kier molecular flexibility index (Phi) is 2.17. The summed E-state index contributed by atoms with van der Waals surface area (Å²) in [6.45, 7) is 0.298. The topological polar surface area (TPSA) is 78.6 Å². The van der Waals surface area contributed by atoms with Gasteiger partial charge in [-0.25, -0.2) is 0 Å². The lowest BCUT2D eigenvalue weighted by Crippen LogP contribution is -2.36. The minimum Gasteiger partial charge on any atom is -0.458 e. The number of carbonyl (C=O) groups is 2. The van der Waals surface area contributed by atoms with Crippen molar-refractivity contribution in [1.29, 1.82) is 0 Å². The van der Waals surface area contributed by atoms with E-state index in [0.29, 0.717) is 12.5 Å². The highest BCUT2D eigenvalue weighted by Gasteiger charge is 2.63. The van der Waals surface area contributed by atoms with Gasteiger partial charge in [0, 0.05) is 18.4 Å². The second-order valence-electron chi connectivity index (χ2n) is 4.90. The second kappa shape index (κ2) is 3.45. The van der Waals surface area contributed by atoms with Gasteiger partial charge in [-0.1, -0.05) is 0 Å². The number of hydrogen-bond donors (Lipinski definition) is 1. The molecule has 88 valence electrons. The van der Waals surface area contributed by atoms with E-state index in [2.05, 4.69) is 0 Å². The van der Waals surface area contributed by atoms with E-state index in [1.54, 1.807) is 0 Å². The molecule has 2 aliphatic carbocycles. The zero-order chi connectivity index (χ0) is 11.3. The zero-order valence-electron chi connectivity index (χ0n) is 8.93. The van der Waals surface area contributed by atoms with E-state index < -0.39 is 0 Å². The maximum atomic E-state index is 11.5. The summed E-state index contributed by atoms with van der Waals surface area (Å²) in [4.78, 5) is 22.9. The highest BCUT2D eigenvalue weighted by atomic mass is 16.6. The van der Waals surface area contributed by atoms with E-state index >= 15 is 0 Å². The van der Waals surface area contributed by atoms with E-state index in [1.165, 1.54) is 0 Å². The lowest BCUT2D eigenvalue weighted by Gasteiger charge is -2.25. The Hall–Kier alpha value is -1.10. The summed E-state index contributed by atoms with van der Waals surface area (Å²) < 4.78 is 10.7. The number of hydrogen-bond acceptors (Lipinski definition) is 5. The Bertz CT molecular complexity index is 343. The van der Waals surface area contributed by atoms with Gasteiger partial charge in [-0.2, -0.15) is 0 Å². The fourth-order valence-corrected chi connectivity index (χ4v) is 3.39. The van der Waals surface area contributed by atoms with Crippen LogP contribution in [-0.4, -0.2) is 30.7 Å². The van der Waals surface area contributed by atoms with Crippen LogP contribution < -0.4 is 5.73 Å². The molecule has 5 unspecified atom stereocenters. The second-order valence-corrected chi connectivity index (χ2v) is 4.90. The maximum Gasteiger partial charge on any atom is 0.309 e. The summed E-state index contributed by atoms with van der Waals surface area (Å²) in [6, 6.07) is 0. The third kappa shape index (κ3) is 1.27. The van der Waals surface area contributed by atoms with Gasteiger partial charge in [0.1, 0.15) is 12.2 Å². The molecule has 5 nitrogen and oxygen atoms in total. The number of nitrogens with two attached hydrogens (primary N) is 1. The molecule has 2 bridgehead atoms. The Balaban J connectivity index is 1.70. The van der Waals surface area contributed by atoms with Crippen molar-refractivity contribution in [2.24, 2.45) is 23.5 Å². The van der Waals surface area contributed by atoms with E-state index in [4.69, 9.17) is 15.2 Å². The molecule has 0 amide bonds. The van der Waals surface area contributed by atoms with Crippen LogP contribution in [0.2, 0.25) is 0 Å². The van der Waals surface area contributed by atoms with Crippen LogP contribution in [0.5, 0.6) is 0 Å². The minimum absolute atomic E-state index is 0.0689. The predicted molar refractivity (Wildman–Crippen MR) is 53.1 cm³/mol. The van der Waals surface area contributed by atoms with Crippen molar-refractivity contribution < 1.29 is 19.1 Å². The maximum absolute atomic E-state index is 11.5. The molecule has 16 heavy (non-hydrogen) atoms. The Morgan fingerprint density at radius 3 is 3.06 bits per heavy atom. The Morgan fingerprint density at radius 1 is 1.50 bits per heavy atom. The zero-order valence-corrected chi connectivity index (χ0v) is 8.93. The molecule has 3 aliphatic rings. The van der Waals surface area contributed by atoms with Crippen molar-refractivity contribution in [2.75, 3.05) is 6.54 Å². The molecular weight excluding hydrogens is 210 g/mol. The van der Waals surface area contributed by atoms with Gasteiger partial charge in [0.05, 0.1) is 12.3 Å². The smallest absolute Gasteiger partial charge is 0.309 e. The summed E-state index contributed by atoms with van der Waals surface area (Å²) in [5.74, 6) is 0.287. The highest BCUT2D eigenvalue weighted by Crippen LogP contribution is 2.55. The minimum atomic E-state index is -0.278. The van der Waals surface area contributed by atoms with Crippen molar-refractivity contribution >= 4 is 11.9 Å². The van der Waals surface area contributed by atoms with Crippen molar-refractivity contribution in [2.45, 2.75) is 31.5 Å². The van der Waals surface area contributed by atoms with Gasteiger partial charge in [-0.15, -0.1) is 0 Å². The number of carbonyl (C=O) groups excluding carboxylic acids is 2. The lowest BCUT2D eigenvalue weighted by atomic mass is 9.88. The Morgan fingerprint density at radius 2 is 2.31 bits per heavy atom. The predicted octanol–water partition coefficient (Wildman–Crippen LogP) is -0.172. The van der Waals surface area contributed by atoms with E-state index in [9.17, 15) is 9.59 Å². The van der Waals surface area contributed by atoms with Gasteiger partial charge in [0.15, 0.2) is 0 Å². The molecule has 1 saturated heterocycles. The fourth-order valence-electron chi connectivity index (χ4n) is 3.39. The molecule has 5 atom stereocenters. The fraction of sp³-hybridized carbons (Fsp3) is 0.818. The quantitative estimate of drug-likeness (QED) is 0.674. The monoisotopic (exact) mass is 225 g/mol. The molecular formula is C11H15NO4. The van der Waals surface area contributed by atoms with Gasteiger partial charge in [0.2, 0.25) is 0 Å². The molecule has 3 rings (SSSR count). The molecule has 1 aliphatic heterocycles. The van der Waals surface area contributed by atoms with Gasteiger partial charge < -0.3 is 15.2 Å². The van der Waals surface area contributed by atoms with Crippen LogP contribution in [0.3, 0.4) is 0 Å². The number of ether oxygens (including phenoxy) is 2. The van der Waals surface area contributed by atoms with Gasteiger partial charge in [0.25, 0.3) is 0 Å². The van der Waals surface area contributed by atoms with Crippen molar-refractivity contribution in [3.63, 3.8) is 0 Å². The third-order valence-electron chi connectivity index (χ3n) is 4.03. The number of esters is 2. The Labute approximate surface area is 93.3 Å². The van der Waals surface area contributed by atoms with Gasteiger partial charge >= 0.3 is 11.9 Å². The molecule has 2 N–H and O–H groups in total. The standard InChI is InChI=1S/C11H15NO4/c12-2-1-8(13)15-9-5-3-6-7(4-5)11(14)16-10(6)9/h5-7,9-10H,1-4,12H2. The van der Waals surface area contributed by atoms with Gasteiger partial charge in [-0.3, -0.25) is 9.59 Å². The molecule has 1 heterocycles. The normalized spacial score (nSPS) is 43.6. The average Bonchev–Trinajstić information content (AvgIpc) is 2.82. The van der Waals surface area contributed by atoms with Crippen LogP contribution >= 0.6 is 0 Å². The number of rotatable bonds is 3. The van der Waals surface area contributed by atoms with Crippen LogP contribution in [0.25, 0.3) is 0 Å². The first-order chi connectivity index (χ1) is 7.70. The lowest BCUT2D eigenvalue weighted by molar-refractivity contribution is -0.161. The first-order valence-electron chi connectivity index (χ1n) is 5.80. The third-order valence-corrected chi connectivity index (χ3v) is 4.03. The molecule has 0 aromatic carbocycles. The summed E-state index contributed by atoms with van der Waals surface area (Å²) in [6.07, 6.45) is 1.62. The van der Waals surface area contributed by atoms with Crippen molar-refractivity contribution in [3.05, 3.63) is 0 Å². The highest BCUT2D eigenvalue weighted by molar-refractivity contribution is 5.77. The van der Waals surface area contributed by atoms with Gasteiger partial charge in [-0.05, 0) is 12.8 Å². The SMILES string of the molecule is NCCC(=O)OC1C2CC3C(=O)OC1C3C2. The summed E-state index contributed by atoms with van der Waals surface area (Å²) >= 11 is 0. The molecule has 0 radical (unpaired) electrons. The average molecular weight is 225 g/mol. The molecule has 2 saturated carbocycles. The van der Waals surface area contributed by atoms with Crippen LogP contribution in [0.15, 0.2) is 0 Å². The molecule has 0 aromatic heterocycles.